The zero-order valence-corrected chi connectivity index (χ0v) is 12.1. The zero-order valence-electron chi connectivity index (χ0n) is 11.3. The molecule has 1 aliphatic heterocycles. The smallest absolute Gasteiger partial charge is 0.164 e. The molecule has 1 atom stereocenters. The molecule has 0 aromatic heterocycles. The second-order valence-corrected chi connectivity index (χ2v) is 5.23. The van der Waals surface area contributed by atoms with Gasteiger partial charge < -0.3 is 4.90 Å². The van der Waals surface area contributed by atoms with Gasteiger partial charge in [0.15, 0.2) is 5.78 Å². The number of carbonyl (C=O) groups is 1. The lowest BCUT2D eigenvalue weighted by atomic mass is 9.99. The molecule has 106 valence electrons. The second-order valence-electron chi connectivity index (χ2n) is 5.23. The van der Waals surface area contributed by atoms with Gasteiger partial charge >= 0.3 is 0 Å². The summed E-state index contributed by atoms with van der Waals surface area (Å²) in [6, 6.07) is 5.82. The van der Waals surface area contributed by atoms with E-state index < -0.39 is 0 Å². The number of hydrogen-bond acceptors (Lipinski definition) is 2. The van der Waals surface area contributed by atoms with Crippen molar-refractivity contribution in [3.05, 3.63) is 35.6 Å². The van der Waals surface area contributed by atoms with Crippen LogP contribution in [0.3, 0.4) is 0 Å². The fourth-order valence-electron chi connectivity index (χ4n) is 2.53. The number of likely N-dealkylation sites (tertiary alicyclic amines) is 1. The maximum Gasteiger partial charge on any atom is 0.164 e. The summed E-state index contributed by atoms with van der Waals surface area (Å²) in [5.41, 5.74) is 0.612. The predicted molar refractivity (Wildman–Crippen MR) is 77.4 cm³/mol. The first-order valence-corrected chi connectivity index (χ1v) is 6.66. The highest BCUT2D eigenvalue weighted by Gasteiger charge is 2.17. The molecule has 1 fully saturated rings. The van der Waals surface area contributed by atoms with Gasteiger partial charge in [-0.1, -0.05) is 6.92 Å². The van der Waals surface area contributed by atoms with Crippen molar-refractivity contribution in [2.24, 2.45) is 5.92 Å². The SMILES string of the molecule is CC1CCCN(CCC(=O)c2ccc(F)cc2)C1.Cl. The first-order valence-electron chi connectivity index (χ1n) is 6.66. The number of rotatable bonds is 4. The van der Waals surface area contributed by atoms with Crippen molar-refractivity contribution in [3.8, 4) is 0 Å². The number of piperidine rings is 1. The third-order valence-electron chi connectivity index (χ3n) is 3.56. The van der Waals surface area contributed by atoms with Crippen LogP contribution in [-0.2, 0) is 0 Å². The molecule has 2 nitrogen and oxygen atoms in total. The Labute approximate surface area is 120 Å². The minimum atomic E-state index is -0.295. The molecule has 0 N–H and O–H groups in total. The zero-order chi connectivity index (χ0) is 13.0. The standard InChI is InChI=1S/C15H20FNO.ClH/c1-12-3-2-9-17(11-12)10-8-15(18)13-4-6-14(16)7-5-13;/h4-7,12H,2-3,8-11H2,1H3;1H. The third-order valence-corrected chi connectivity index (χ3v) is 3.56. The van der Waals surface area contributed by atoms with E-state index in [1.807, 2.05) is 0 Å². The van der Waals surface area contributed by atoms with Gasteiger partial charge in [0.25, 0.3) is 0 Å². The van der Waals surface area contributed by atoms with Crippen LogP contribution in [0.5, 0.6) is 0 Å². The van der Waals surface area contributed by atoms with Gasteiger partial charge in [-0.15, -0.1) is 12.4 Å². The number of benzene rings is 1. The normalized spacial score (nSPS) is 19.8. The van der Waals surface area contributed by atoms with Crippen LogP contribution in [0.15, 0.2) is 24.3 Å². The van der Waals surface area contributed by atoms with Crippen molar-refractivity contribution < 1.29 is 9.18 Å². The van der Waals surface area contributed by atoms with Crippen LogP contribution in [0.2, 0.25) is 0 Å². The predicted octanol–water partition coefficient (Wildman–Crippen LogP) is 3.55. The van der Waals surface area contributed by atoms with E-state index in [9.17, 15) is 9.18 Å². The van der Waals surface area contributed by atoms with Gasteiger partial charge in [0, 0.05) is 25.1 Å². The van der Waals surface area contributed by atoms with E-state index >= 15 is 0 Å². The summed E-state index contributed by atoms with van der Waals surface area (Å²) in [6.45, 7) is 5.27. The van der Waals surface area contributed by atoms with Gasteiger partial charge in [-0.25, -0.2) is 4.39 Å². The Balaban J connectivity index is 0.00000180. The first kappa shape index (κ1) is 16.1. The van der Waals surface area contributed by atoms with E-state index in [4.69, 9.17) is 0 Å². The maximum absolute atomic E-state index is 12.8. The van der Waals surface area contributed by atoms with Gasteiger partial charge in [0.1, 0.15) is 5.82 Å². The number of halogens is 2. The molecular formula is C15H21ClFNO. The topological polar surface area (TPSA) is 20.3 Å². The highest BCUT2D eigenvalue weighted by Crippen LogP contribution is 2.16. The summed E-state index contributed by atoms with van der Waals surface area (Å²) in [5.74, 6) is 0.546. The monoisotopic (exact) mass is 285 g/mol. The fourth-order valence-corrected chi connectivity index (χ4v) is 2.53. The molecule has 1 aromatic rings. The van der Waals surface area contributed by atoms with Crippen molar-refractivity contribution in [2.45, 2.75) is 26.2 Å². The van der Waals surface area contributed by atoms with Crippen LogP contribution < -0.4 is 0 Å². The molecule has 4 heteroatoms. The Morgan fingerprint density at radius 3 is 2.68 bits per heavy atom. The molecule has 1 aliphatic rings. The van der Waals surface area contributed by atoms with Crippen LogP contribution >= 0.6 is 12.4 Å². The van der Waals surface area contributed by atoms with Crippen molar-refractivity contribution >= 4 is 18.2 Å². The minimum absolute atomic E-state index is 0. The van der Waals surface area contributed by atoms with Crippen LogP contribution in [0.25, 0.3) is 0 Å². The third kappa shape index (κ3) is 4.92. The summed E-state index contributed by atoms with van der Waals surface area (Å²) >= 11 is 0. The summed E-state index contributed by atoms with van der Waals surface area (Å²) in [7, 11) is 0. The number of nitrogens with zero attached hydrogens (tertiary/aromatic N) is 1. The van der Waals surface area contributed by atoms with Gasteiger partial charge in [-0.05, 0) is 49.6 Å². The largest absolute Gasteiger partial charge is 0.303 e. The summed E-state index contributed by atoms with van der Waals surface area (Å²) in [4.78, 5) is 14.3. The number of Topliss-reactive ketones (excluding diaryl/α,β-unsaturated/α-hetero) is 1. The lowest BCUT2D eigenvalue weighted by Crippen LogP contribution is -2.35. The van der Waals surface area contributed by atoms with E-state index in [1.54, 1.807) is 12.1 Å². The molecule has 1 aromatic carbocycles. The van der Waals surface area contributed by atoms with Crippen LogP contribution in [-0.4, -0.2) is 30.3 Å². The molecule has 0 radical (unpaired) electrons. The van der Waals surface area contributed by atoms with E-state index in [0.717, 1.165) is 25.6 Å². The number of hydrogen-bond donors (Lipinski definition) is 0. The molecule has 1 saturated heterocycles. The van der Waals surface area contributed by atoms with Crippen molar-refractivity contribution in [3.63, 3.8) is 0 Å². The molecule has 1 unspecified atom stereocenters. The first-order chi connectivity index (χ1) is 8.65. The maximum atomic E-state index is 12.8. The number of ketones is 1. The molecule has 0 saturated carbocycles. The lowest BCUT2D eigenvalue weighted by molar-refractivity contribution is 0.0949. The van der Waals surface area contributed by atoms with Crippen molar-refractivity contribution in [1.29, 1.82) is 0 Å². The minimum Gasteiger partial charge on any atom is -0.303 e. The summed E-state index contributed by atoms with van der Waals surface area (Å²) in [6.07, 6.45) is 3.05. The Kier molecular flexibility index (Phi) is 6.46. The van der Waals surface area contributed by atoms with Crippen LogP contribution in [0.4, 0.5) is 4.39 Å². The molecular weight excluding hydrogens is 265 g/mol. The molecule has 0 spiro atoms. The van der Waals surface area contributed by atoms with Crippen LogP contribution in [0, 0.1) is 11.7 Å². The van der Waals surface area contributed by atoms with Crippen LogP contribution in [0.1, 0.15) is 36.5 Å². The average Bonchev–Trinajstić information content (AvgIpc) is 2.37. The van der Waals surface area contributed by atoms with Crippen molar-refractivity contribution in [1.82, 2.24) is 4.90 Å². The summed E-state index contributed by atoms with van der Waals surface area (Å²) < 4.78 is 12.8. The molecule has 0 bridgehead atoms. The Morgan fingerprint density at radius 1 is 1.37 bits per heavy atom. The van der Waals surface area contributed by atoms with E-state index in [2.05, 4.69) is 11.8 Å². The van der Waals surface area contributed by atoms with E-state index in [-0.39, 0.29) is 24.0 Å². The lowest BCUT2D eigenvalue weighted by Gasteiger charge is -2.30. The van der Waals surface area contributed by atoms with E-state index in [0.29, 0.717) is 12.0 Å². The quantitative estimate of drug-likeness (QED) is 0.789. The fraction of sp³-hybridized carbons (Fsp3) is 0.533. The van der Waals surface area contributed by atoms with Gasteiger partial charge in [-0.2, -0.15) is 0 Å². The highest BCUT2D eigenvalue weighted by atomic mass is 35.5. The molecule has 2 rings (SSSR count). The molecule has 0 amide bonds. The van der Waals surface area contributed by atoms with Crippen molar-refractivity contribution in [2.75, 3.05) is 19.6 Å². The highest BCUT2D eigenvalue weighted by molar-refractivity contribution is 5.96. The Bertz CT molecular complexity index is 407. The number of carbonyl (C=O) groups excluding carboxylic acids is 1. The van der Waals surface area contributed by atoms with Gasteiger partial charge in [0.05, 0.1) is 0 Å². The molecule has 1 heterocycles. The Hall–Kier alpha value is -0.930. The second kappa shape index (κ2) is 7.61. The Morgan fingerprint density at radius 2 is 2.05 bits per heavy atom. The van der Waals surface area contributed by atoms with Gasteiger partial charge in [0.2, 0.25) is 0 Å². The average molecular weight is 286 g/mol. The molecule has 0 aliphatic carbocycles. The molecule has 19 heavy (non-hydrogen) atoms. The summed E-state index contributed by atoms with van der Waals surface area (Å²) in [5, 5.41) is 0. The van der Waals surface area contributed by atoms with E-state index in [1.165, 1.54) is 25.0 Å². The van der Waals surface area contributed by atoms with Gasteiger partial charge in [-0.3, -0.25) is 4.79 Å².